The molecule has 0 aliphatic heterocycles. The Balaban J connectivity index is 2.82. The lowest BCUT2D eigenvalue weighted by atomic mass is 10.1. The van der Waals surface area contributed by atoms with Gasteiger partial charge in [0.1, 0.15) is 0 Å². The van der Waals surface area contributed by atoms with Crippen LogP contribution in [0.2, 0.25) is 0 Å². The Labute approximate surface area is 132 Å². The van der Waals surface area contributed by atoms with Crippen molar-refractivity contribution in [3.05, 3.63) is 44.9 Å². The Bertz CT molecular complexity index is 503. The number of aliphatic hydroxyl groups excluding tert-OH is 1. The van der Waals surface area contributed by atoms with Gasteiger partial charge in [-0.1, -0.05) is 22.0 Å². The highest BCUT2D eigenvalue weighted by Gasteiger charge is 2.23. The topological polar surface area (TPSA) is 72.6 Å². The van der Waals surface area contributed by atoms with Gasteiger partial charge in [-0.2, -0.15) is 0 Å². The largest absolute Gasteiger partial charge is 0.487 e. The second kappa shape index (κ2) is 8.79. The van der Waals surface area contributed by atoms with Gasteiger partial charge < -0.3 is 9.84 Å². The van der Waals surface area contributed by atoms with Crippen LogP contribution in [0.4, 0.5) is 5.69 Å². The molecule has 0 saturated heterocycles. The normalized spacial score (nSPS) is 12.0. The van der Waals surface area contributed by atoms with Gasteiger partial charge in [0.15, 0.2) is 0 Å². The van der Waals surface area contributed by atoms with E-state index in [0.717, 1.165) is 25.7 Å². The van der Waals surface area contributed by atoms with E-state index in [1.54, 1.807) is 13.0 Å². The highest BCUT2D eigenvalue weighted by molar-refractivity contribution is 9.10. The maximum atomic E-state index is 11.1. The summed E-state index contributed by atoms with van der Waals surface area (Å²) in [7, 11) is 0. The van der Waals surface area contributed by atoms with Crippen LogP contribution in [0.5, 0.6) is 5.75 Å². The molecule has 1 unspecified atom stereocenters. The minimum atomic E-state index is -0.836. The molecule has 1 aromatic rings. The number of rotatable bonds is 9. The molecule has 1 rings (SSSR count). The summed E-state index contributed by atoms with van der Waals surface area (Å²) in [4.78, 5) is 10.6. The number of hydrogen-bond donors (Lipinski definition) is 1. The summed E-state index contributed by atoms with van der Waals surface area (Å²) >= 11 is 3.21. The van der Waals surface area contributed by atoms with Crippen LogP contribution >= 0.6 is 15.9 Å². The van der Waals surface area contributed by atoms with Gasteiger partial charge in [-0.3, -0.25) is 10.1 Å². The Morgan fingerprint density at radius 3 is 2.76 bits per heavy atom. The molecule has 0 heterocycles. The number of halogens is 1. The van der Waals surface area contributed by atoms with E-state index in [1.807, 2.05) is 6.08 Å². The first-order chi connectivity index (χ1) is 9.97. The molecule has 1 atom stereocenters. The first-order valence-electron chi connectivity index (χ1n) is 6.87. The molecular formula is C15H20BrNO4. The van der Waals surface area contributed by atoms with E-state index in [2.05, 4.69) is 22.5 Å². The predicted molar refractivity (Wildman–Crippen MR) is 85.6 cm³/mol. The van der Waals surface area contributed by atoms with Gasteiger partial charge in [0, 0.05) is 16.1 Å². The average Bonchev–Trinajstić information content (AvgIpc) is 2.42. The number of ether oxygens (including phenoxy) is 1. The lowest BCUT2D eigenvalue weighted by Gasteiger charge is -2.14. The SMILES string of the molecule is C=CCCCCCOc1c(C(C)O)cc(Br)cc1[N+](=O)[O-]. The van der Waals surface area contributed by atoms with Crippen LogP contribution in [0.25, 0.3) is 0 Å². The van der Waals surface area contributed by atoms with Crippen LogP contribution in [0.1, 0.15) is 44.3 Å². The van der Waals surface area contributed by atoms with Crippen molar-refractivity contribution < 1.29 is 14.8 Å². The van der Waals surface area contributed by atoms with Gasteiger partial charge >= 0.3 is 5.69 Å². The van der Waals surface area contributed by atoms with Crippen molar-refractivity contribution in [1.82, 2.24) is 0 Å². The zero-order chi connectivity index (χ0) is 15.8. The second-order valence-corrected chi connectivity index (χ2v) is 5.68. The van der Waals surface area contributed by atoms with Crippen LogP contribution in [-0.4, -0.2) is 16.6 Å². The standard InChI is InChI=1S/C15H20BrNO4/c1-3-4-5-6-7-8-21-15-13(11(2)18)9-12(16)10-14(15)17(19)20/h3,9-11,18H,1,4-8H2,2H3. The second-order valence-electron chi connectivity index (χ2n) is 4.76. The molecule has 0 radical (unpaired) electrons. The fourth-order valence-corrected chi connectivity index (χ4v) is 2.41. The van der Waals surface area contributed by atoms with Crippen molar-refractivity contribution in [1.29, 1.82) is 0 Å². The van der Waals surface area contributed by atoms with Crippen LogP contribution in [0.15, 0.2) is 29.3 Å². The fraction of sp³-hybridized carbons (Fsp3) is 0.467. The summed E-state index contributed by atoms with van der Waals surface area (Å²) in [5.74, 6) is 0.155. The van der Waals surface area contributed by atoms with Crippen molar-refractivity contribution in [2.45, 2.75) is 38.7 Å². The summed E-state index contributed by atoms with van der Waals surface area (Å²) in [6.07, 6.45) is 4.79. The molecule has 0 spiro atoms. The van der Waals surface area contributed by atoms with Crippen LogP contribution in [0, 0.1) is 10.1 Å². The van der Waals surface area contributed by atoms with E-state index < -0.39 is 11.0 Å². The molecule has 0 aliphatic rings. The zero-order valence-electron chi connectivity index (χ0n) is 12.0. The predicted octanol–water partition coefficient (Wildman–Crippen LogP) is 4.54. The number of unbranched alkanes of at least 4 members (excludes halogenated alkanes) is 3. The summed E-state index contributed by atoms with van der Waals surface area (Å²) in [6.45, 7) is 5.60. The quantitative estimate of drug-likeness (QED) is 0.305. The van der Waals surface area contributed by atoms with Gasteiger partial charge in [-0.15, -0.1) is 6.58 Å². The summed E-state index contributed by atoms with van der Waals surface area (Å²) in [5, 5.41) is 20.9. The van der Waals surface area contributed by atoms with Crippen LogP contribution in [0.3, 0.4) is 0 Å². The molecule has 6 heteroatoms. The number of hydrogen-bond acceptors (Lipinski definition) is 4. The maximum Gasteiger partial charge on any atom is 0.312 e. The number of nitrogens with zero attached hydrogens (tertiary/aromatic N) is 1. The Morgan fingerprint density at radius 1 is 1.48 bits per heavy atom. The molecule has 0 amide bonds. The van der Waals surface area contributed by atoms with Crippen LogP contribution < -0.4 is 4.74 Å². The van der Waals surface area contributed by atoms with E-state index in [1.165, 1.54) is 6.07 Å². The lowest BCUT2D eigenvalue weighted by molar-refractivity contribution is -0.386. The molecule has 0 saturated carbocycles. The van der Waals surface area contributed by atoms with Gasteiger partial charge in [-0.05, 0) is 38.7 Å². The zero-order valence-corrected chi connectivity index (χ0v) is 13.6. The minimum absolute atomic E-state index is 0.133. The first-order valence-corrected chi connectivity index (χ1v) is 7.66. The van der Waals surface area contributed by atoms with Crippen molar-refractivity contribution in [3.8, 4) is 5.75 Å². The number of aliphatic hydroxyl groups is 1. The molecular weight excluding hydrogens is 338 g/mol. The average molecular weight is 358 g/mol. The minimum Gasteiger partial charge on any atom is -0.487 e. The maximum absolute atomic E-state index is 11.1. The Hall–Kier alpha value is -1.40. The van der Waals surface area contributed by atoms with E-state index in [0.29, 0.717) is 16.6 Å². The lowest BCUT2D eigenvalue weighted by Crippen LogP contribution is -2.05. The number of nitro groups is 1. The fourth-order valence-electron chi connectivity index (χ4n) is 1.94. The van der Waals surface area contributed by atoms with E-state index >= 15 is 0 Å². The van der Waals surface area contributed by atoms with Gasteiger partial charge in [0.2, 0.25) is 5.75 Å². The molecule has 116 valence electrons. The van der Waals surface area contributed by atoms with Gasteiger partial charge in [-0.25, -0.2) is 0 Å². The Kier molecular flexibility index (Phi) is 7.39. The van der Waals surface area contributed by atoms with Crippen LogP contribution in [-0.2, 0) is 0 Å². The third kappa shape index (κ3) is 5.47. The molecule has 0 aromatic heterocycles. The molecule has 0 bridgehead atoms. The molecule has 0 aliphatic carbocycles. The number of allylic oxidation sites excluding steroid dienone is 1. The van der Waals surface area contributed by atoms with Crippen molar-refractivity contribution >= 4 is 21.6 Å². The molecule has 1 N–H and O–H groups in total. The summed E-state index contributed by atoms with van der Waals surface area (Å²) in [5.41, 5.74) is 0.286. The summed E-state index contributed by atoms with van der Waals surface area (Å²) in [6, 6.07) is 3.03. The van der Waals surface area contributed by atoms with Gasteiger partial charge in [0.05, 0.1) is 17.6 Å². The third-order valence-electron chi connectivity index (χ3n) is 3.01. The molecule has 0 fully saturated rings. The van der Waals surface area contributed by atoms with E-state index in [-0.39, 0.29) is 11.4 Å². The van der Waals surface area contributed by atoms with Crippen molar-refractivity contribution in [2.75, 3.05) is 6.61 Å². The number of benzene rings is 1. The smallest absolute Gasteiger partial charge is 0.312 e. The molecule has 1 aromatic carbocycles. The molecule has 5 nitrogen and oxygen atoms in total. The summed E-state index contributed by atoms with van der Waals surface area (Å²) < 4.78 is 6.12. The molecule has 21 heavy (non-hydrogen) atoms. The van der Waals surface area contributed by atoms with Crippen molar-refractivity contribution in [2.24, 2.45) is 0 Å². The number of nitro benzene ring substituents is 1. The first kappa shape index (κ1) is 17.7. The third-order valence-corrected chi connectivity index (χ3v) is 3.47. The monoisotopic (exact) mass is 357 g/mol. The van der Waals surface area contributed by atoms with E-state index in [4.69, 9.17) is 4.74 Å². The Morgan fingerprint density at radius 2 is 2.19 bits per heavy atom. The van der Waals surface area contributed by atoms with Crippen molar-refractivity contribution in [3.63, 3.8) is 0 Å². The highest BCUT2D eigenvalue weighted by atomic mass is 79.9. The highest BCUT2D eigenvalue weighted by Crippen LogP contribution is 2.37. The van der Waals surface area contributed by atoms with E-state index in [9.17, 15) is 15.2 Å². The van der Waals surface area contributed by atoms with Gasteiger partial charge in [0.25, 0.3) is 0 Å².